The van der Waals surface area contributed by atoms with E-state index in [2.05, 4.69) is 39.3 Å². The number of nitrogens with zero attached hydrogens (tertiary/aromatic N) is 2. The van der Waals surface area contributed by atoms with E-state index in [1.54, 1.807) is 0 Å². The van der Waals surface area contributed by atoms with E-state index < -0.39 is 0 Å². The number of hydrogen-bond donors (Lipinski definition) is 1. The highest BCUT2D eigenvalue weighted by molar-refractivity contribution is 9.09. The Morgan fingerprint density at radius 2 is 2.17 bits per heavy atom. The van der Waals surface area contributed by atoms with Crippen LogP contribution in [0.1, 0.15) is 37.1 Å². The highest BCUT2D eigenvalue weighted by atomic mass is 79.9. The average molecular weight is 316 g/mol. The zero-order chi connectivity index (χ0) is 13.4. The topological polar surface area (TPSA) is 46.9 Å². The number of carbonyl (C=O) groups excluding carboxylic acids is 1. The maximum atomic E-state index is 11.5. The minimum absolute atomic E-state index is 0.157. The SMILES string of the molecule is Cc1cc(C)n(CCCNC(=O)CCCCBr)n1. The number of amides is 1. The van der Waals surface area contributed by atoms with Crippen LogP contribution in [0.5, 0.6) is 0 Å². The first-order valence-corrected chi connectivity index (χ1v) is 7.59. The molecule has 0 spiro atoms. The van der Waals surface area contributed by atoms with E-state index in [1.165, 1.54) is 5.69 Å². The molecule has 0 aliphatic heterocycles. The molecule has 5 heteroatoms. The summed E-state index contributed by atoms with van der Waals surface area (Å²) in [5, 5.41) is 8.30. The lowest BCUT2D eigenvalue weighted by molar-refractivity contribution is -0.121. The third kappa shape index (κ3) is 5.67. The molecule has 4 nitrogen and oxygen atoms in total. The summed E-state index contributed by atoms with van der Waals surface area (Å²) in [5.74, 6) is 0.157. The molecule has 0 fully saturated rings. The standard InChI is InChI=1S/C13H22BrN3O/c1-11-10-12(2)17(16-11)9-5-8-15-13(18)6-3-4-7-14/h10H,3-9H2,1-2H3,(H,15,18). The molecule has 1 aromatic heterocycles. The van der Waals surface area contributed by atoms with Crippen molar-refractivity contribution in [2.24, 2.45) is 0 Å². The summed E-state index contributed by atoms with van der Waals surface area (Å²) in [6, 6.07) is 2.07. The van der Waals surface area contributed by atoms with Crippen LogP contribution in [0.2, 0.25) is 0 Å². The Labute approximate surface area is 117 Å². The number of hydrogen-bond acceptors (Lipinski definition) is 2. The maximum Gasteiger partial charge on any atom is 0.219 e. The van der Waals surface area contributed by atoms with Crippen molar-refractivity contribution in [2.45, 2.75) is 46.1 Å². The van der Waals surface area contributed by atoms with Gasteiger partial charge in [-0.3, -0.25) is 9.48 Å². The van der Waals surface area contributed by atoms with Gasteiger partial charge in [0.2, 0.25) is 5.91 Å². The van der Waals surface area contributed by atoms with E-state index in [0.29, 0.717) is 6.42 Å². The zero-order valence-corrected chi connectivity index (χ0v) is 12.8. The van der Waals surface area contributed by atoms with Crippen LogP contribution >= 0.6 is 15.9 Å². The Kier molecular flexibility index (Phi) is 7.01. The second-order valence-electron chi connectivity index (χ2n) is 4.50. The second-order valence-corrected chi connectivity index (χ2v) is 5.29. The lowest BCUT2D eigenvalue weighted by Crippen LogP contribution is -2.25. The van der Waals surface area contributed by atoms with E-state index in [0.717, 1.165) is 43.4 Å². The average Bonchev–Trinajstić information content (AvgIpc) is 2.64. The van der Waals surface area contributed by atoms with Gasteiger partial charge in [0.25, 0.3) is 0 Å². The van der Waals surface area contributed by atoms with Crippen molar-refractivity contribution in [1.82, 2.24) is 15.1 Å². The second kappa shape index (κ2) is 8.29. The molecule has 1 aromatic rings. The smallest absolute Gasteiger partial charge is 0.219 e. The van der Waals surface area contributed by atoms with Gasteiger partial charge in [0, 0.05) is 30.5 Å². The molecule has 1 rings (SSSR count). The van der Waals surface area contributed by atoms with Crippen LogP contribution in [0.4, 0.5) is 0 Å². The van der Waals surface area contributed by atoms with E-state index in [-0.39, 0.29) is 5.91 Å². The molecule has 18 heavy (non-hydrogen) atoms. The van der Waals surface area contributed by atoms with E-state index in [9.17, 15) is 4.79 Å². The summed E-state index contributed by atoms with van der Waals surface area (Å²) >= 11 is 3.36. The normalized spacial score (nSPS) is 10.6. The van der Waals surface area contributed by atoms with Gasteiger partial charge in [0.05, 0.1) is 5.69 Å². The number of rotatable bonds is 8. The number of unbranched alkanes of at least 4 members (excludes halogenated alkanes) is 1. The van der Waals surface area contributed by atoms with Crippen molar-refractivity contribution < 1.29 is 4.79 Å². The predicted octanol–water partition coefficient (Wildman–Crippen LogP) is 2.57. The number of aryl methyl sites for hydroxylation is 3. The quantitative estimate of drug-likeness (QED) is 0.592. The lowest BCUT2D eigenvalue weighted by atomic mass is 10.2. The minimum Gasteiger partial charge on any atom is -0.356 e. The van der Waals surface area contributed by atoms with Crippen LogP contribution in [0.3, 0.4) is 0 Å². The van der Waals surface area contributed by atoms with Crippen LogP contribution in [-0.4, -0.2) is 27.6 Å². The predicted molar refractivity (Wildman–Crippen MR) is 77.0 cm³/mol. The van der Waals surface area contributed by atoms with E-state index >= 15 is 0 Å². The molecular weight excluding hydrogens is 294 g/mol. The van der Waals surface area contributed by atoms with Gasteiger partial charge < -0.3 is 5.32 Å². The van der Waals surface area contributed by atoms with Crippen molar-refractivity contribution in [3.8, 4) is 0 Å². The molecular formula is C13H22BrN3O. The van der Waals surface area contributed by atoms with Crippen molar-refractivity contribution in [3.63, 3.8) is 0 Å². The molecule has 1 amide bonds. The first-order chi connectivity index (χ1) is 8.63. The summed E-state index contributed by atoms with van der Waals surface area (Å²) < 4.78 is 1.99. The molecule has 102 valence electrons. The Hall–Kier alpha value is -0.840. The monoisotopic (exact) mass is 315 g/mol. The fourth-order valence-electron chi connectivity index (χ4n) is 1.83. The highest BCUT2D eigenvalue weighted by Gasteiger charge is 2.02. The lowest BCUT2D eigenvalue weighted by Gasteiger charge is -2.06. The van der Waals surface area contributed by atoms with Gasteiger partial charge >= 0.3 is 0 Å². The minimum atomic E-state index is 0.157. The van der Waals surface area contributed by atoms with Gasteiger partial charge in [-0.15, -0.1) is 0 Å². The number of nitrogens with one attached hydrogen (secondary N) is 1. The Balaban J connectivity index is 2.11. The van der Waals surface area contributed by atoms with Gasteiger partial charge in [-0.05, 0) is 39.2 Å². The summed E-state index contributed by atoms with van der Waals surface area (Å²) in [6.45, 7) is 5.64. The van der Waals surface area contributed by atoms with E-state index in [1.807, 2.05) is 11.6 Å². The fraction of sp³-hybridized carbons (Fsp3) is 0.692. The highest BCUT2D eigenvalue weighted by Crippen LogP contribution is 2.02. The number of aromatic nitrogens is 2. The molecule has 0 bridgehead atoms. The van der Waals surface area contributed by atoms with Crippen molar-refractivity contribution in [2.75, 3.05) is 11.9 Å². The van der Waals surface area contributed by atoms with Gasteiger partial charge in [0.1, 0.15) is 0 Å². The van der Waals surface area contributed by atoms with Crippen LogP contribution in [-0.2, 0) is 11.3 Å². The van der Waals surface area contributed by atoms with Gasteiger partial charge in [-0.1, -0.05) is 15.9 Å². The van der Waals surface area contributed by atoms with Gasteiger partial charge in [-0.25, -0.2) is 0 Å². The molecule has 0 radical (unpaired) electrons. The third-order valence-corrected chi connectivity index (χ3v) is 3.32. The molecule has 1 N–H and O–H groups in total. The maximum absolute atomic E-state index is 11.5. The third-order valence-electron chi connectivity index (χ3n) is 2.76. The van der Waals surface area contributed by atoms with Crippen LogP contribution in [0, 0.1) is 13.8 Å². The first-order valence-electron chi connectivity index (χ1n) is 6.47. The molecule has 0 unspecified atom stereocenters. The fourth-order valence-corrected chi connectivity index (χ4v) is 2.22. The molecule has 0 saturated carbocycles. The first kappa shape index (κ1) is 15.2. The molecule has 0 atom stereocenters. The summed E-state index contributed by atoms with van der Waals surface area (Å²) in [6.07, 6.45) is 3.56. The summed E-state index contributed by atoms with van der Waals surface area (Å²) in [7, 11) is 0. The molecule has 0 aliphatic rings. The van der Waals surface area contributed by atoms with Gasteiger partial charge in [-0.2, -0.15) is 5.10 Å². The number of halogens is 1. The van der Waals surface area contributed by atoms with Crippen LogP contribution in [0.15, 0.2) is 6.07 Å². The summed E-state index contributed by atoms with van der Waals surface area (Å²) in [5.41, 5.74) is 2.22. The molecule has 1 heterocycles. The van der Waals surface area contributed by atoms with Crippen molar-refractivity contribution >= 4 is 21.8 Å². The Bertz CT molecular complexity index is 376. The zero-order valence-electron chi connectivity index (χ0n) is 11.2. The summed E-state index contributed by atoms with van der Waals surface area (Å²) in [4.78, 5) is 11.5. The Morgan fingerprint density at radius 1 is 1.39 bits per heavy atom. The van der Waals surface area contributed by atoms with Crippen LogP contribution < -0.4 is 5.32 Å². The Morgan fingerprint density at radius 3 is 2.78 bits per heavy atom. The number of carbonyl (C=O) groups is 1. The van der Waals surface area contributed by atoms with Crippen molar-refractivity contribution in [1.29, 1.82) is 0 Å². The van der Waals surface area contributed by atoms with E-state index in [4.69, 9.17) is 0 Å². The van der Waals surface area contributed by atoms with Gasteiger partial charge in [0.15, 0.2) is 0 Å². The number of alkyl halides is 1. The molecule has 0 aromatic carbocycles. The van der Waals surface area contributed by atoms with Crippen molar-refractivity contribution in [3.05, 3.63) is 17.5 Å². The largest absolute Gasteiger partial charge is 0.356 e. The van der Waals surface area contributed by atoms with Crippen LogP contribution in [0.25, 0.3) is 0 Å². The molecule has 0 saturated heterocycles. The molecule has 0 aliphatic carbocycles.